The molecule has 0 bridgehead atoms. The fourth-order valence-electron chi connectivity index (χ4n) is 4.04. The fraction of sp³-hybridized carbons (Fsp3) is 0.308. The van der Waals surface area contributed by atoms with Crippen LogP contribution in [0.3, 0.4) is 0 Å². The Morgan fingerprint density at radius 3 is 2.72 bits per heavy atom. The first-order valence-corrected chi connectivity index (χ1v) is 10.8. The molecule has 2 heterocycles. The van der Waals surface area contributed by atoms with Gasteiger partial charge < -0.3 is 19.1 Å². The lowest BCUT2D eigenvalue weighted by molar-refractivity contribution is -0.136. The lowest BCUT2D eigenvalue weighted by Crippen LogP contribution is -2.33. The molecule has 166 valence electrons. The Kier molecular flexibility index (Phi) is 6.71. The topological polar surface area (TPSA) is 65.1 Å². The zero-order chi connectivity index (χ0) is 22.5. The van der Waals surface area contributed by atoms with E-state index in [0.717, 1.165) is 24.0 Å². The fourth-order valence-corrected chi connectivity index (χ4v) is 4.04. The maximum atomic E-state index is 13.3. The van der Waals surface area contributed by atoms with Crippen LogP contribution in [0.15, 0.2) is 71.4 Å². The molecule has 1 atom stereocenters. The van der Waals surface area contributed by atoms with Crippen molar-refractivity contribution < 1.29 is 23.8 Å². The summed E-state index contributed by atoms with van der Waals surface area (Å²) in [7, 11) is 1.32. The van der Waals surface area contributed by atoms with Gasteiger partial charge in [-0.15, -0.1) is 0 Å². The summed E-state index contributed by atoms with van der Waals surface area (Å²) in [5.41, 5.74) is 3.06. The van der Waals surface area contributed by atoms with Gasteiger partial charge >= 0.3 is 5.97 Å². The molecule has 1 saturated heterocycles. The van der Waals surface area contributed by atoms with E-state index in [4.69, 9.17) is 14.2 Å². The van der Waals surface area contributed by atoms with Crippen LogP contribution in [0.5, 0.6) is 5.75 Å². The minimum Gasteiger partial charge on any atom is -0.489 e. The third-order valence-electron chi connectivity index (χ3n) is 5.73. The van der Waals surface area contributed by atoms with E-state index in [2.05, 4.69) is 0 Å². The van der Waals surface area contributed by atoms with Crippen molar-refractivity contribution in [3.05, 3.63) is 82.6 Å². The molecule has 2 aromatic carbocycles. The molecule has 6 heteroatoms. The number of hydrogen-bond donors (Lipinski definition) is 0. The van der Waals surface area contributed by atoms with E-state index >= 15 is 0 Å². The third-order valence-corrected chi connectivity index (χ3v) is 5.73. The highest BCUT2D eigenvalue weighted by atomic mass is 16.5. The summed E-state index contributed by atoms with van der Waals surface area (Å²) in [5, 5.41) is 0. The number of rotatable bonds is 7. The molecule has 0 N–H and O–H groups in total. The van der Waals surface area contributed by atoms with Gasteiger partial charge in [-0.2, -0.15) is 0 Å². The monoisotopic (exact) mass is 433 g/mol. The normalized spacial score (nSPS) is 19.7. The van der Waals surface area contributed by atoms with Crippen molar-refractivity contribution in [2.24, 2.45) is 0 Å². The number of hydrogen-bond acceptors (Lipinski definition) is 5. The molecule has 1 unspecified atom stereocenters. The second kappa shape index (κ2) is 9.83. The van der Waals surface area contributed by atoms with Crippen LogP contribution in [0.2, 0.25) is 0 Å². The maximum absolute atomic E-state index is 13.3. The van der Waals surface area contributed by atoms with Crippen molar-refractivity contribution in [3.8, 4) is 5.75 Å². The Bertz CT molecular complexity index is 1050. The van der Waals surface area contributed by atoms with Crippen LogP contribution < -0.4 is 4.74 Å². The second-order valence-electron chi connectivity index (χ2n) is 7.91. The van der Waals surface area contributed by atoms with Gasteiger partial charge in [0.1, 0.15) is 12.4 Å². The van der Waals surface area contributed by atoms with Crippen molar-refractivity contribution in [1.29, 1.82) is 0 Å². The Hall–Kier alpha value is -3.38. The van der Waals surface area contributed by atoms with Crippen LogP contribution >= 0.6 is 0 Å². The Morgan fingerprint density at radius 1 is 1.19 bits per heavy atom. The van der Waals surface area contributed by atoms with Crippen molar-refractivity contribution in [2.75, 3.05) is 20.3 Å². The van der Waals surface area contributed by atoms with Gasteiger partial charge in [0, 0.05) is 12.3 Å². The molecule has 2 aromatic rings. The van der Waals surface area contributed by atoms with E-state index in [-0.39, 0.29) is 12.0 Å². The number of carbonyl (C=O) groups excluding carboxylic acids is 2. The number of amides is 1. The van der Waals surface area contributed by atoms with Crippen LogP contribution in [0.4, 0.5) is 0 Å². The number of methoxy groups -OCH3 is 1. The van der Waals surface area contributed by atoms with Gasteiger partial charge in [-0.25, -0.2) is 4.79 Å². The summed E-state index contributed by atoms with van der Waals surface area (Å²) in [6.45, 7) is 3.36. The van der Waals surface area contributed by atoms with Gasteiger partial charge in [0.2, 0.25) is 0 Å². The van der Waals surface area contributed by atoms with Crippen LogP contribution in [0.25, 0.3) is 6.08 Å². The number of benzene rings is 2. The molecule has 0 saturated carbocycles. The predicted molar refractivity (Wildman–Crippen MR) is 121 cm³/mol. The molecule has 1 fully saturated rings. The molecular formula is C26H27NO5. The first-order valence-electron chi connectivity index (χ1n) is 10.8. The first kappa shape index (κ1) is 21.8. The summed E-state index contributed by atoms with van der Waals surface area (Å²) in [6.07, 6.45) is 3.60. The van der Waals surface area contributed by atoms with Gasteiger partial charge in [0.15, 0.2) is 0 Å². The molecule has 0 aromatic heterocycles. The molecule has 32 heavy (non-hydrogen) atoms. The summed E-state index contributed by atoms with van der Waals surface area (Å²) in [6, 6.07) is 17.4. The average Bonchev–Trinajstić information content (AvgIpc) is 3.41. The standard InChI is InChI=1S/C26H27NO5/c1-18-24(26(29)30-2)23(25(28)27(18)16-22-12-7-13-31-22)15-20-10-6-11-21(14-20)32-17-19-8-4-3-5-9-19/h3-6,8-11,14-15,22H,7,12-13,16-17H2,1-2H3. The van der Waals surface area contributed by atoms with Gasteiger partial charge in [-0.05, 0) is 49.1 Å². The van der Waals surface area contributed by atoms with Gasteiger partial charge in [-0.1, -0.05) is 42.5 Å². The van der Waals surface area contributed by atoms with Crippen molar-refractivity contribution in [1.82, 2.24) is 4.90 Å². The molecule has 4 rings (SSSR count). The highest BCUT2D eigenvalue weighted by molar-refractivity contribution is 6.16. The smallest absolute Gasteiger partial charge is 0.340 e. The number of allylic oxidation sites excluding steroid dienone is 1. The second-order valence-corrected chi connectivity index (χ2v) is 7.91. The lowest BCUT2D eigenvalue weighted by atomic mass is 10.0. The van der Waals surface area contributed by atoms with Gasteiger partial charge in [0.25, 0.3) is 5.91 Å². The van der Waals surface area contributed by atoms with Gasteiger partial charge in [0.05, 0.1) is 30.9 Å². The quantitative estimate of drug-likeness (QED) is 0.486. The molecule has 0 radical (unpaired) electrons. The van der Waals surface area contributed by atoms with Crippen molar-refractivity contribution in [2.45, 2.75) is 32.5 Å². The van der Waals surface area contributed by atoms with Crippen LogP contribution in [-0.4, -0.2) is 43.1 Å². The summed E-state index contributed by atoms with van der Waals surface area (Å²) in [5.74, 6) is -0.0485. The molecule has 0 aliphatic carbocycles. The third kappa shape index (κ3) is 4.75. The highest BCUT2D eigenvalue weighted by Crippen LogP contribution is 2.33. The number of ether oxygens (including phenoxy) is 3. The molecule has 0 spiro atoms. The molecule has 2 aliphatic rings. The minimum absolute atomic E-state index is 0.0122. The van der Waals surface area contributed by atoms with Crippen LogP contribution in [-0.2, 0) is 25.7 Å². The molecular weight excluding hydrogens is 406 g/mol. The first-order chi connectivity index (χ1) is 15.6. The van der Waals surface area contributed by atoms with E-state index in [1.165, 1.54) is 7.11 Å². The van der Waals surface area contributed by atoms with E-state index in [1.807, 2.05) is 54.6 Å². The van der Waals surface area contributed by atoms with E-state index in [9.17, 15) is 9.59 Å². The predicted octanol–water partition coefficient (Wildman–Crippen LogP) is 4.12. The van der Waals surface area contributed by atoms with Crippen molar-refractivity contribution >= 4 is 18.0 Å². The van der Waals surface area contributed by atoms with Crippen LogP contribution in [0.1, 0.15) is 30.9 Å². The van der Waals surface area contributed by atoms with E-state index in [0.29, 0.717) is 42.4 Å². The van der Waals surface area contributed by atoms with E-state index in [1.54, 1.807) is 17.9 Å². The number of esters is 1. The summed E-state index contributed by atoms with van der Waals surface area (Å²) < 4.78 is 16.6. The van der Waals surface area contributed by atoms with Gasteiger partial charge in [-0.3, -0.25) is 4.79 Å². The van der Waals surface area contributed by atoms with Crippen LogP contribution in [0, 0.1) is 0 Å². The SMILES string of the molecule is COC(=O)C1=C(C)N(CC2CCCO2)C(=O)C1=Cc1cccc(OCc2ccccc2)c1. The largest absolute Gasteiger partial charge is 0.489 e. The molecule has 2 aliphatic heterocycles. The van der Waals surface area contributed by atoms with E-state index < -0.39 is 5.97 Å². The Balaban J connectivity index is 1.58. The number of carbonyl (C=O) groups is 2. The zero-order valence-corrected chi connectivity index (χ0v) is 18.4. The maximum Gasteiger partial charge on any atom is 0.340 e. The molecule has 6 nitrogen and oxygen atoms in total. The zero-order valence-electron chi connectivity index (χ0n) is 18.4. The van der Waals surface area contributed by atoms with Crippen molar-refractivity contribution in [3.63, 3.8) is 0 Å². The summed E-state index contributed by atoms with van der Waals surface area (Å²) >= 11 is 0. The summed E-state index contributed by atoms with van der Waals surface area (Å²) in [4.78, 5) is 27.4. The minimum atomic E-state index is -0.520. The lowest BCUT2D eigenvalue weighted by Gasteiger charge is -2.21. The Morgan fingerprint density at radius 2 is 2.00 bits per heavy atom. The average molecular weight is 434 g/mol. The highest BCUT2D eigenvalue weighted by Gasteiger charge is 2.38. The molecule has 1 amide bonds. The Labute approximate surface area is 188 Å². The number of nitrogens with zero attached hydrogens (tertiary/aromatic N) is 1.